The molecule has 3 amide bonds. The van der Waals surface area contributed by atoms with Crippen LogP contribution in [0, 0.1) is 0 Å². The minimum absolute atomic E-state index is 0.165. The zero-order chi connectivity index (χ0) is 26.6. The second-order valence-corrected chi connectivity index (χ2v) is 8.82. The van der Waals surface area contributed by atoms with Crippen LogP contribution in [0.15, 0.2) is 66.9 Å². The number of carbonyl (C=O) groups is 2. The number of alkyl halides is 3. The van der Waals surface area contributed by atoms with E-state index in [1.165, 1.54) is 17.0 Å². The molecule has 3 aromatic rings. The number of fused-ring (bicyclic) bond motifs is 1. The molecule has 1 aliphatic rings. The maximum Gasteiger partial charge on any atom is 0.416 e. The molecule has 1 aliphatic heterocycles. The van der Waals surface area contributed by atoms with Gasteiger partial charge in [0.1, 0.15) is 12.3 Å². The van der Waals surface area contributed by atoms with Crippen molar-refractivity contribution in [1.82, 2.24) is 14.4 Å². The zero-order valence-electron chi connectivity index (χ0n) is 20.7. The van der Waals surface area contributed by atoms with Crippen LogP contribution in [0.5, 0.6) is 5.75 Å². The Morgan fingerprint density at radius 2 is 1.84 bits per heavy atom. The number of ether oxygens (including phenoxy) is 1. The van der Waals surface area contributed by atoms with E-state index in [1.54, 1.807) is 12.0 Å². The minimum atomic E-state index is -4.46. The van der Waals surface area contributed by atoms with Crippen molar-refractivity contribution in [1.29, 1.82) is 0 Å². The summed E-state index contributed by atoms with van der Waals surface area (Å²) in [4.78, 5) is 29.7. The normalized spacial score (nSPS) is 15.2. The predicted octanol–water partition coefficient (Wildman–Crippen LogP) is 5.39. The number of rotatable bonds is 7. The number of benzene rings is 2. The Kier molecular flexibility index (Phi) is 7.75. The van der Waals surface area contributed by atoms with Crippen molar-refractivity contribution in [2.75, 3.05) is 32.1 Å². The first-order valence-electron chi connectivity index (χ1n) is 12.0. The summed E-state index contributed by atoms with van der Waals surface area (Å²) in [5, 5.41) is 2.61. The van der Waals surface area contributed by atoms with Gasteiger partial charge >= 0.3 is 12.2 Å². The smallest absolute Gasteiger partial charge is 0.416 e. The summed E-state index contributed by atoms with van der Waals surface area (Å²) in [5.74, 6) is 0.452. The quantitative estimate of drug-likeness (QED) is 0.460. The van der Waals surface area contributed by atoms with Crippen molar-refractivity contribution in [3.8, 4) is 5.75 Å². The van der Waals surface area contributed by atoms with Gasteiger partial charge in [0.05, 0.1) is 18.7 Å². The number of nitrogens with one attached hydrogen (secondary N) is 1. The lowest BCUT2D eigenvalue weighted by Gasteiger charge is -2.38. The van der Waals surface area contributed by atoms with Crippen molar-refractivity contribution in [3.63, 3.8) is 0 Å². The molecule has 10 heteroatoms. The molecular formula is C27H29F3N4O3. The van der Waals surface area contributed by atoms with Crippen LogP contribution in [0.3, 0.4) is 0 Å². The van der Waals surface area contributed by atoms with Crippen molar-refractivity contribution in [2.45, 2.75) is 32.1 Å². The number of nitrogens with zero attached hydrogens (tertiary/aromatic N) is 3. The molecule has 1 atom stereocenters. The molecule has 0 bridgehead atoms. The van der Waals surface area contributed by atoms with Crippen LogP contribution in [0.25, 0.3) is 0 Å². The van der Waals surface area contributed by atoms with Gasteiger partial charge in [-0.05, 0) is 60.5 Å². The monoisotopic (exact) mass is 514 g/mol. The van der Waals surface area contributed by atoms with Gasteiger partial charge in [0.25, 0.3) is 0 Å². The molecule has 0 fully saturated rings. The number of hydrogen-bond acceptors (Lipinski definition) is 3. The Morgan fingerprint density at radius 3 is 2.51 bits per heavy atom. The van der Waals surface area contributed by atoms with E-state index < -0.39 is 17.8 Å². The third kappa shape index (κ3) is 5.90. The van der Waals surface area contributed by atoms with E-state index in [1.807, 2.05) is 49.5 Å². The van der Waals surface area contributed by atoms with Crippen LogP contribution in [-0.2, 0) is 17.5 Å². The van der Waals surface area contributed by atoms with Crippen molar-refractivity contribution >= 4 is 17.6 Å². The van der Waals surface area contributed by atoms with Gasteiger partial charge in [0.15, 0.2) is 0 Å². The van der Waals surface area contributed by atoms with Crippen LogP contribution in [0.4, 0.5) is 23.7 Å². The number of methoxy groups -OCH3 is 1. The summed E-state index contributed by atoms with van der Waals surface area (Å²) in [7, 11) is 1.59. The lowest BCUT2D eigenvalue weighted by Crippen LogP contribution is -2.48. The van der Waals surface area contributed by atoms with E-state index in [4.69, 9.17) is 4.74 Å². The lowest BCUT2D eigenvalue weighted by atomic mass is 9.99. The third-order valence-corrected chi connectivity index (χ3v) is 6.34. The first-order valence-corrected chi connectivity index (χ1v) is 12.0. The average molecular weight is 515 g/mol. The third-order valence-electron chi connectivity index (χ3n) is 6.34. The highest BCUT2D eigenvalue weighted by molar-refractivity contribution is 5.92. The van der Waals surface area contributed by atoms with Crippen molar-refractivity contribution < 1.29 is 27.5 Å². The number of halogens is 3. The Bertz CT molecular complexity index is 1240. The Balaban J connectivity index is 1.53. The van der Waals surface area contributed by atoms with Crippen molar-refractivity contribution in [3.05, 3.63) is 83.7 Å². The van der Waals surface area contributed by atoms with Gasteiger partial charge < -0.3 is 24.4 Å². The Hall–Kier alpha value is -3.95. The van der Waals surface area contributed by atoms with Crippen LogP contribution in [-0.4, -0.2) is 53.0 Å². The van der Waals surface area contributed by atoms with Gasteiger partial charge in [0.2, 0.25) is 5.91 Å². The topological polar surface area (TPSA) is 66.8 Å². The van der Waals surface area contributed by atoms with Gasteiger partial charge in [-0.1, -0.05) is 19.1 Å². The molecule has 37 heavy (non-hydrogen) atoms. The summed E-state index contributed by atoms with van der Waals surface area (Å²) in [6.07, 6.45) is -1.88. The van der Waals surface area contributed by atoms with Gasteiger partial charge in [-0.3, -0.25) is 4.79 Å². The van der Waals surface area contributed by atoms with E-state index in [0.29, 0.717) is 31.8 Å². The van der Waals surface area contributed by atoms with Crippen LogP contribution >= 0.6 is 0 Å². The van der Waals surface area contributed by atoms with E-state index in [-0.39, 0.29) is 24.2 Å². The minimum Gasteiger partial charge on any atom is -0.497 e. The molecule has 196 valence electrons. The first-order chi connectivity index (χ1) is 17.7. The molecule has 1 unspecified atom stereocenters. The van der Waals surface area contributed by atoms with Gasteiger partial charge in [-0.15, -0.1) is 0 Å². The number of hydrogen-bond donors (Lipinski definition) is 1. The predicted molar refractivity (Wildman–Crippen MR) is 133 cm³/mol. The molecule has 0 saturated heterocycles. The Morgan fingerprint density at radius 1 is 1.08 bits per heavy atom. The van der Waals surface area contributed by atoms with Gasteiger partial charge in [0, 0.05) is 37.2 Å². The molecule has 2 aromatic carbocycles. The zero-order valence-corrected chi connectivity index (χ0v) is 20.7. The fourth-order valence-corrected chi connectivity index (χ4v) is 4.54. The van der Waals surface area contributed by atoms with Crippen LogP contribution < -0.4 is 10.1 Å². The van der Waals surface area contributed by atoms with E-state index >= 15 is 0 Å². The summed E-state index contributed by atoms with van der Waals surface area (Å²) < 4.78 is 46.1. The number of aromatic nitrogens is 1. The molecule has 1 aromatic heterocycles. The molecule has 0 aliphatic carbocycles. The highest BCUT2D eigenvalue weighted by Gasteiger charge is 2.34. The van der Waals surface area contributed by atoms with Crippen molar-refractivity contribution in [2.24, 2.45) is 0 Å². The van der Waals surface area contributed by atoms with Crippen LogP contribution in [0.2, 0.25) is 0 Å². The highest BCUT2D eigenvalue weighted by Crippen LogP contribution is 2.34. The number of anilines is 1. The number of amides is 3. The molecule has 7 nitrogen and oxygen atoms in total. The lowest BCUT2D eigenvalue weighted by molar-refractivity contribution is -0.137. The summed E-state index contributed by atoms with van der Waals surface area (Å²) in [6.45, 7) is 3.12. The number of carbonyl (C=O) groups excluding carboxylic acids is 2. The second-order valence-electron chi connectivity index (χ2n) is 8.82. The number of urea groups is 1. The second kappa shape index (κ2) is 11.0. The summed E-state index contributed by atoms with van der Waals surface area (Å²) in [6, 6.07) is 14.8. The Labute approximate surface area is 213 Å². The van der Waals surface area contributed by atoms with E-state index in [2.05, 4.69) is 9.88 Å². The first kappa shape index (κ1) is 26.1. The summed E-state index contributed by atoms with van der Waals surface area (Å²) in [5.41, 5.74) is 1.27. The fraction of sp³-hybridized carbons (Fsp3) is 0.333. The van der Waals surface area contributed by atoms with Crippen LogP contribution in [0.1, 0.15) is 36.2 Å². The highest BCUT2D eigenvalue weighted by atomic mass is 19.4. The van der Waals surface area contributed by atoms with E-state index in [0.717, 1.165) is 23.4 Å². The molecule has 0 spiro atoms. The molecule has 0 radical (unpaired) electrons. The average Bonchev–Trinajstić information content (AvgIpc) is 3.36. The SMILES string of the molecule is CCCN(CC(=O)N1CCn2cccc2C1c1cccc(OC)c1)C(=O)Nc1ccc(C(F)(F)F)cc1. The standard InChI is InChI=1S/C27H29F3N4O3/c1-3-13-33(26(36)31-21-11-9-20(10-12-21)27(28,29)30)18-24(35)34-16-15-32-14-5-8-23(32)25(34)19-6-4-7-22(17-19)37-2/h4-12,14,17,25H,3,13,15-16,18H2,1-2H3,(H,31,36). The van der Waals surface area contributed by atoms with E-state index in [9.17, 15) is 22.8 Å². The maximum atomic E-state index is 13.6. The molecule has 4 rings (SSSR count). The molecule has 1 N–H and O–H groups in total. The largest absolute Gasteiger partial charge is 0.497 e. The maximum absolute atomic E-state index is 13.6. The molecular weight excluding hydrogens is 485 g/mol. The molecule has 2 heterocycles. The van der Waals surface area contributed by atoms with Gasteiger partial charge in [-0.2, -0.15) is 13.2 Å². The molecule has 0 saturated carbocycles. The fourth-order valence-electron chi connectivity index (χ4n) is 4.54. The summed E-state index contributed by atoms with van der Waals surface area (Å²) >= 11 is 0. The van der Waals surface area contributed by atoms with Gasteiger partial charge in [-0.25, -0.2) is 4.79 Å².